The third kappa shape index (κ3) is 2.71. The Morgan fingerprint density at radius 3 is 2.62 bits per heavy atom. The average Bonchev–Trinajstić information content (AvgIpc) is 3.15. The predicted molar refractivity (Wildman–Crippen MR) is 91.4 cm³/mol. The fourth-order valence-electron chi connectivity index (χ4n) is 4.00. The van der Waals surface area contributed by atoms with Crippen molar-refractivity contribution in [2.24, 2.45) is 12.5 Å². The van der Waals surface area contributed by atoms with Crippen LogP contribution in [0.5, 0.6) is 0 Å². The summed E-state index contributed by atoms with van der Waals surface area (Å²) in [6.07, 6.45) is 10.4. The Labute approximate surface area is 142 Å². The molecule has 0 bridgehead atoms. The Morgan fingerprint density at radius 2 is 1.96 bits per heavy atom. The molecular formula is C18H23N5O. The molecule has 6 heteroatoms. The lowest BCUT2D eigenvalue weighted by atomic mass is 9.77. The van der Waals surface area contributed by atoms with Crippen molar-refractivity contribution in [3.8, 4) is 0 Å². The van der Waals surface area contributed by atoms with Gasteiger partial charge in [-0.05, 0) is 44.5 Å². The van der Waals surface area contributed by atoms with Gasteiger partial charge in [0.25, 0.3) is 0 Å². The third-order valence-electron chi connectivity index (χ3n) is 5.45. The summed E-state index contributed by atoms with van der Waals surface area (Å²) in [5, 5.41) is 4.23. The maximum atomic E-state index is 13.0. The standard InChI is InChI=1S/C18H23N5O/c1-21-13-15(11-20-21)14-22-8-4-18(5-9-22)6-10-23(17(18)24)16-3-2-7-19-12-16/h2-3,7,11-13H,4-6,8-10,14H2,1H3. The number of pyridine rings is 1. The first-order valence-corrected chi connectivity index (χ1v) is 8.58. The van der Waals surface area contributed by atoms with Crippen LogP contribution in [-0.4, -0.2) is 45.2 Å². The molecule has 1 spiro atoms. The third-order valence-corrected chi connectivity index (χ3v) is 5.45. The van der Waals surface area contributed by atoms with E-state index < -0.39 is 0 Å². The maximum Gasteiger partial charge on any atom is 0.233 e. The molecule has 0 radical (unpaired) electrons. The van der Waals surface area contributed by atoms with Crippen LogP contribution in [0.4, 0.5) is 5.69 Å². The molecule has 0 N–H and O–H groups in total. The normalized spacial score (nSPS) is 20.9. The molecule has 24 heavy (non-hydrogen) atoms. The van der Waals surface area contributed by atoms with Crippen molar-refractivity contribution in [2.45, 2.75) is 25.8 Å². The number of anilines is 1. The highest BCUT2D eigenvalue weighted by atomic mass is 16.2. The van der Waals surface area contributed by atoms with Crippen LogP contribution < -0.4 is 4.90 Å². The van der Waals surface area contributed by atoms with E-state index in [0.717, 1.165) is 51.1 Å². The second kappa shape index (κ2) is 6.02. The lowest BCUT2D eigenvalue weighted by molar-refractivity contribution is -0.128. The van der Waals surface area contributed by atoms with Gasteiger partial charge < -0.3 is 4.90 Å². The van der Waals surface area contributed by atoms with Gasteiger partial charge in [-0.3, -0.25) is 19.4 Å². The van der Waals surface area contributed by atoms with E-state index in [1.165, 1.54) is 5.56 Å². The van der Waals surface area contributed by atoms with Crippen LogP contribution in [0.15, 0.2) is 36.9 Å². The first-order chi connectivity index (χ1) is 11.7. The molecule has 6 nitrogen and oxygen atoms in total. The van der Waals surface area contributed by atoms with Crippen LogP contribution in [0, 0.1) is 5.41 Å². The highest BCUT2D eigenvalue weighted by Crippen LogP contribution is 2.43. The molecular weight excluding hydrogens is 302 g/mol. The van der Waals surface area contributed by atoms with Crippen molar-refractivity contribution in [1.82, 2.24) is 19.7 Å². The van der Waals surface area contributed by atoms with Gasteiger partial charge in [-0.2, -0.15) is 5.10 Å². The van der Waals surface area contributed by atoms with Gasteiger partial charge >= 0.3 is 0 Å². The van der Waals surface area contributed by atoms with Crippen LogP contribution >= 0.6 is 0 Å². The van der Waals surface area contributed by atoms with Gasteiger partial charge in [0.1, 0.15) is 0 Å². The van der Waals surface area contributed by atoms with Crippen LogP contribution in [0.1, 0.15) is 24.8 Å². The molecule has 0 atom stereocenters. The quantitative estimate of drug-likeness (QED) is 0.864. The summed E-state index contributed by atoms with van der Waals surface area (Å²) >= 11 is 0. The number of carbonyl (C=O) groups excluding carboxylic acids is 1. The average molecular weight is 325 g/mol. The summed E-state index contributed by atoms with van der Waals surface area (Å²) < 4.78 is 1.84. The second-order valence-corrected chi connectivity index (χ2v) is 7.00. The maximum absolute atomic E-state index is 13.0. The molecule has 4 heterocycles. The molecule has 2 aromatic rings. The summed E-state index contributed by atoms with van der Waals surface area (Å²) in [5.41, 5.74) is 2.00. The largest absolute Gasteiger partial charge is 0.310 e. The van der Waals surface area contributed by atoms with Gasteiger partial charge in [0.2, 0.25) is 5.91 Å². The molecule has 0 aliphatic carbocycles. The number of amides is 1. The molecule has 0 unspecified atom stereocenters. The molecule has 1 amide bonds. The minimum Gasteiger partial charge on any atom is -0.310 e. The molecule has 2 saturated heterocycles. The first-order valence-electron chi connectivity index (χ1n) is 8.58. The number of piperidine rings is 1. The summed E-state index contributed by atoms with van der Waals surface area (Å²) in [6, 6.07) is 3.87. The Morgan fingerprint density at radius 1 is 1.17 bits per heavy atom. The number of hydrogen-bond acceptors (Lipinski definition) is 4. The van der Waals surface area contributed by atoms with E-state index in [9.17, 15) is 4.79 Å². The molecule has 4 rings (SSSR count). The minimum atomic E-state index is -0.165. The number of likely N-dealkylation sites (tertiary alicyclic amines) is 1. The van der Waals surface area contributed by atoms with Crippen LogP contribution in [0.2, 0.25) is 0 Å². The molecule has 126 valence electrons. The van der Waals surface area contributed by atoms with Gasteiger partial charge in [0.15, 0.2) is 0 Å². The van der Waals surface area contributed by atoms with Crippen molar-refractivity contribution in [1.29, 1.82) is 0 Å². The molecule has 0 saturated carbocycles. The fraction of sp³-hybridized carbons (Fsp3) is 0.500. The van der Waals surface area contributed by atoms with Crippen molar-refractivity contribution in [3.05, 3.63) is 42.5 Å². The van der Waals surface area contributed by atoms with Gasteiger partial charge in [0.05, 0.1) is 23.5 Å². The van der Waals surface area contributed by atoms with Crippen molar-refractivity contribution >= 4 is 11.6 Å². The number of hydrogen-bond donors (Lipinski definition) is 0. The van der Waals surface area contributed by atoms with Gasteiger partial charge in [0, 0.05) is 38.1 Å². The zero-order valence-corrected chi connectivity index (χ0v) is 14.1. The zero-order valence-electron chi connectivity index (χ0n) is 14.1. The topological polar surface area (TPSA) is 54.3 Å². The minimum absolute atomic E-state index is 0.165. The van der Waals surface area contributed by atoms with E-state index in [-0.39, 0.29) is 11.3 Å². The molecule has 0 aromatic carbocycles. The van der Waals surface area contributed by atoms with E-state index in [4.69, 9.17) is 0 Å². The Bertz CT molecular complexity index is 718. The van der Waals surface area contributed by atoms with Gasteiger partial charge in [-0.1, -0.05) is 0 Å². The van der Waals surface area contributed by atoms with Gasteiger partial charge in [-0.15, -0.1) is 0 Å². The van der Waals surface area contributed by atoms with E-state index in [1.54, 1.807) is 12.4 Å². The van der Waals surface area contributed by atoms with E-state index >= 15 is 0 Å². The van der Waals surface area contributed by atoms with Crippen LogP contribution in [0.25, 0.3) is 0 Å². The molecule has 2 fully saturated rings. The summed E-state index contributed by atoms with van der Waals surface area (Å²) in [5.74, 6) is 0.288. The predicted octanol–water partition coefficient (Wildman–Crippen LogP) is 1.83. The Hall–Kier alpha value is -2.21. The first kappa shape index (κ1) is 15.3. The summed E-state index contributed by atoms with van der Waals surface area (Å²) in [7, 11) is 1.94. The zero-order chi connectivity index (χ0) is 16.6. The van der Waals surface area contributed by atoms with Crippen molar-refractivity contribution in [2.75, 3.05) is 24.5 Å². The monoisotopic (exact) mass is 325 g/mol. The SMILES string of the molecule is Cn1cc(CN2CCC3(CC2)CCN(c2cccnc2)C3=O)cn1. The number of aryl methyl sites for hydroxylation is 1. The molecule has 2 aliphatic rings. The number of aromatic nitrogens is 3. The lowest BCUT2D eigenvalue weighted by Crippen LogP contribution is -2.44. The molecule has 2 aromatic heterocycles. The number of rotatable bonds is 3. The number of carbonyl (C=O) groups is 1. The van der Waals surface area contributed by atoms with Crippen molar-refractivity contribution < 1.29 is 4.79 Å². The Kier molecular flexibility index (Phi) is 3.84. The van der Waals surface area contributed by atoms with E-state index in [2.05, 4.69) is 21.2 Å². The van der Waals surface area contributed by atoms with E-state index in [0.29, 0.717) is 0 Å². The smallest absolute Gasteiger partial charge is 0.233 e. The lowest BCUT2D eigenvalue weighted by Gasteiger charge is -2.37. The van der Waals surface area contributed by atoms with E-state index in [1.807, 2.05) is 35.0 Å². The van der Waals surface area contributed by atoms with Crippen molar-refractivity contribution in [3.63, 3.8) is 0 Å². The molecule has 2 aliphatic heterocycles. The highest BCUT2D eigenvalue weighted by molar-refractivity contribution is 5.99. The highest BCUT2D eigenvalue weighted by Gasteiger charge is 2.48. The summed E-state index contributed by atoms with van der Waals surface area (Å²) in [4.78, 5) is 21.5. The Balaban J connectivity index is 1.40. The second-order valence-electron chi connectivity index (χ2n) is 7.00. The fourth-order valence-corrected chi connectivity index (χ4v) is 4.00. The number of nitrogens with zero attached hydrogens (tertiary/aromatic N) is 5. The van der Waals surface area contributed by atoms with Gasteiger partial charge in [-0.25, -0.2) is 0 Å². The summed E-state index contributed by atoms with van der Waals surface area (Å²) in [6.45, 7) is 3.68. The van der Waals surface area contributed by atoms with Crippen LogP contribution in [0.3, 0.4) is 0 Å². The van der Waals surface area contributed by atoms with Crippen LogP contribution in [-0.2, 0) is 18.4 Å².